The first-order valence-electron chi connectivity index (χ1n) is 8.03. The molecule has 0 aliphatic rings. The van der Waals surface area contributed by atoms with Crippen LogP contribution in [0.2, 0.25) is 5.02 Å². The van der Waals surface area contributed by atoms with Crippen molar-refractivity contribution in [2.24, 2.45) is 0 Å². The van der Waals surface area contributed by atoms with Crippen LogP contribution in [0.5, 0.6) is 5.75 Å². The lowest BCUT2D eigenvalue weighted by atomic mass is 10.2. The van der Waals surface area contributed by atoms with Gasteiger partial charge in [-0.3, -0.25) is 19.1 Å². The molecule has 2 rings (SSSR count). The Balaban J connectivity index is 2.02. The van der Waals surface area contributed by atoms with Crippen LogP contribution in [0.15, 0.2) is 33.9 Å². The number of carbonyl (C=O) groups excluding carboxylic acids is 2. The summed E-state index contributed by atoms with van der Waals surface area (Å²) in [5, 5.41) is 0.318. The number of aromatic amines is 1. The Morgan fingerprint density at radius 1 is 1.22 bits per heavy atom. The van der Waals surface area contributed by atoms with Crippen LogP contribution in [-0.4, -0.2) is 34.5 Å². The molecule has 0 saturated heterocycles. The number of para-hydroxylation sites is 1. The molecule has 0 fully saturated rings. The lowest BCUT2D eigenvalue weighted by Gasteiger charge is -2.11. The van der Waals surface area contributed by atoms with E-state index in [1.807, 2.05) is 4.98 Å². The Kier molecular flexibility index (Phi) is 6.78. The number of nitrogens with two attached hydrogens (primary N) is 1. The highest BCUT2D eigenvalue weighted by Gasteiger charge is 2.20. The van der Waals surface area contributed by atoms with E-state index in [9.17, 15) is 19.2 Å². The molecule has 0 saturated carbocycles. The Morgan fingerprint density at radius 2 is 1.93 bits per heavy atom. The number of hydrogen-bond donors (Lipinski definition) is 2. The Labute approximate surface area is 158 Å². The van der Waals surface area contributed by atoms with Gasteiger partial charge in [-0.2, -0.15) is 0 Å². The Morgan fingerprint density at radius 3 is 2.59 bits per heavy atom. The third-order valence-corrected chi connectivity index (χ3v) is 3.82. The average molecular weight is 396 g/mol. The number of esters is 1. The molecule has 3 N–H and O–H groups in total. The Bertz CT molecular complexity index is 966. The van der Waals surface area contributed by atoms with Gasteiger partial charge in [0.05, 0.1) is 5.02 Å². The predicted octanol–water partition coefficient (Wildman–Crippen LogP) is 0.987. The number of anilines is 1. The number of nitrogens with zero attached hydrogens (tertiary/aromatic N) is 1. The summed E-state index contributed by atoms with van der Waals surface area (Å²) in [5.41, 5.74) is 3.70. The lowest BCUT2D eigenvalue weighted by Crippen LogP contribution is -2.37. The summed E-state index contributed by atoms with van der Waals surface area (Å²) in [6.45, 7) is 0.840. The van der Waals surface area contributed by atoms with Gasteiger partial charge in [0, 0.05) is 6.54 Å². The quantitative estimate of drug-likeness (QED) is 0.502. The van der Waals surface area contributed by atoms with E-state index in [0.717, 1.165) is 4.57 Å². The largest absolute Gasteiger partial charge is 0.480 e. The first-order valence-corrected chi connectivity index (χ1v) is 8.41. The average Bonchev–Trinajstić information content (AvgIpc) is 2.62. The van der Waals surface area contributed by atoms with Gasteiger partial charge in [-0.1, -0.05) is 30.7 Å². The smallest absolute Gasteiger partial charge is 0.344 e. The highest BCUT2D eigenvalue weighted by atomic mass is 35.5. The summed E-state index contributed by atoms with van der Waals surface area (Å²) >= 11 is 5.89. The first kappa shape index (κ1) is 20.2. The number of halogens is 1. The van der Waals surface area contributed by atoms with Crippen LogP contribution in [0.4, 0.5) is 5.82 Å². The number of benzene rings is 1. The van der Waals surface area contributed by atoms with E-state index < -0.39 is 41.8 Å². The van der Waals surface area contributed by atoms with E-state index in [1.54, 1.807) is 31.2 Å². The molecule has 2 aromatic rings. The SMILES string of the molecule is CCCn1c(N)c(C(=O)COC(=O)COc2ccccc2Cl)c(=O)[nH]c1=O. The van der Waals surface area contributed by atoms with Crippen molar-refractivity contribution in [1.82, 2.24) is 9.55 Å². The van der Waals surface area contributed by atoms with Crippen LogP contribution in [0, 0.1) is 0 Å². The molecule has 27 heavy (non-hydrogen) atoms. The fourth-order valence-electron chi connectivity index (χ4n) is 2.26. The topological polar surface area (TPSA) is 133 Å². The van der Waals surface area contributed by atoms with E-state index in [2.05, 4.69) is 0 Å². The van der Waals surface area contributed by atoms with E-state index >= 15 is 0 Å². The lowest BCUT2D eigenvalue weighted by molar-refractivity contribution is -0.144. The number of hydrogen-bond acceptors (Lipinski definition) is 7. The molecular formula is C17H18ClN3O6. The van der Waals surface area contributed by atoms with Gasteiger partial charge in [0.25, 0.3) is 5.56 Å². The van der Waals surface area contributed by atoms with Gasteiger partial charge >= 0.3 is 11.7 Å². The van der Waals surface area contributed by atoms with Gasteiger partial charge in [0.2, 0.25) is 5.78 Å². The molecule has 9 nitrogen and oxygen atoms in total. The van der Waals surface area contributed by atoms with E-state index in [-0.39, 0.29) is 18.1 Å². The van der Waals surface area contributed by atoms with Gasteiger partial charge in [0.1, 0.15) is 17.1 Å². The van der Waals surface area contributed by atoms with E-state index in [1.165, 1.54) is 0 Å². The molecule has 0 unspecified atom stereocenters. The summed E-state index contributed by atoms with van der Waals surface area (Å²) in [6, 6.07) is 6.53. The molecule has 0 spiro atoms. The summed E-state index contributed by atoms with van der Waals surface area (Å²) in [6.07, 6.45) is 0.568. The number of ketones is 1. The summed E-state index contributed by atoms with van der Waals surface area (Å²) < 4.78 is 11.1. The Hall–Kier alpha value is -3.07. The van der Waals surface area contributed by atoms with Crippen molar-refractivity contribution in [3.63, 3.8) is 0 Å². The number of H-pyrrole nitrogens is 1. The van der Waals surface area contributed by atoms with Crippen LogP contribution in [0.25, 0.3) is 0 Å². The van der Waals surface area contributed by atoms with Crippen molar-refractivity contribution >= 4 is 29.2 Å². The minimum Gasteiger partial charge on any atom is -0.480 e. The zero-order valence-corrected chi connectivity index (χ0v) is 15.2. The fraction of sp³-hybridized carbons (Fsp3) is 0.294. The number of rotatable bonds is 8. The summed E-state index contributed by atoms with van der Waals surface area (Å²) in [5.74, 6) is -1.64. The van der Waals surface area contributed by atoms with Gasteiger partial charge in [0.15, 0.2) is 13.2 Å². The number of carbonyl (C=O) groups is 2. The monoisotopic (exact) mass is 395 g/mol. The maximum Gasteiger partial charge on any atom is 0.344 e. The van der Waals surface area contributed by atoms with Crippen molar-refractivity contribution < 1.29 is 19.1 Å². The molecule has 1 aromatic carbocycles. The maximum atomic E-state index is 12.2. The van der Waals surface area contributed by atoms with Gasteiger partial charge in [-0.15, -0.1) is 0 Å². The van der Waals surface area contributed by atoms with Crippen LogP contribution in [0.3, 0.4) is 0 Å². The molecule has 0 amide bonds. The number of ether oxygens (including phenoxy) is 2. The third-order valence-electron chi connectivity index (χ3n) is 3.51. The van der Waals surface area contributed by atoms with Crippen molar-refractivity contribution in [3.8, 4) is 5.75 Å². The zero-order chi connectivity index (χ0) is 20.0. The number of Topliss-reactive ketones (excluding diaryl/α,β-unsaturated/α-hetero) is 1. The van der Waals surface area contributed by atoms with Crippen LogP contribution in [0.1, 0.15) is 23.7 Å². The molecule has 0 radical (unpaired) electrons. The second kappa shape index (κ2) is 9.04. The molecule has 0 atom stereocenters. The molecule has 1 aromatic heterocycles. The molecule has 144 valence electrons. The predicted molar refractivity (Wildman–Crippen MR) is 98.3 cm³/mol. The van der Waals surface area contributed by atoms with Crippen molar-refractivity contribution in [2.75, 3.05) is 18.9 Å². The molecule has 1 heterocycles. The molecule has 0 aliphatic carbocycles. The second-order valence-electron chi connectivity index (χ2n) is 5.47. The summed E-state index contributed by atoms with van der Waals surface area (Å²) in [7, 11) is 0. The molecular weight excluding hydrogens is 378 g/mol. The molecule has 10 heteroatoms. The maximum absolute atomic E-state index is 12.2. The van der Waals surface area contributed by atoms with E-state index in [0.29, 0.717) is 11.4 Å². The normalized spacial score (nSPS) is 10.4. The number of aromatic nitrogens is 2. The highest BCUT2D eigenvalue weighted by Crippen LogP contribution is 2.22. The van der Waals surface area contributed by atoms with Gasteiger partial charge in [-0.25, -0.2) is 9.59 Å². The minimum atomic E-state index is -0.932. The number of nitrogen functional groups attached to an aromatic ring is 1. The van der Waals surface area contributed by atoms with Crippen LogP contribution >= 0.6 is 11.6 Å². The van der Waals surface area contributed by atoms with Crippen molar-refractivity contribution in [2.45, 2.75) is 19.9 Å². The molecule has 0 bridgehead atoms. The summed E-state index contributed by atoms with van der Waals surface area (Å²) in [4.78, 5) is 49.6. The second-order valence-corrected chi connectivity index (χ2v) is 5.88. The molecule has 0 aliphatic heterocycles. The third kappa shape index (κ3) is 4.98. The standard InChI is InChI=1S/C17H18ClN3O6/c1-2-7-21-15(19)14(16(24)20-17(21)25)11(22)8-27-13(23)9-26-12-6-4-3-5-10(12)18/h3-6H,2,7-9,19H2,1H3,(H,20,24,25). The fourth-order valence-corrected chi connectivity index (χ4v) is 2.45. The van der Waals surface area contributed by atoms with Crippen LogP contribution in [-0.2, 0) is 16.1 Å². The zero-order valence-electron chi connectivity index (χ0n) is 14.5. The van der Waals surface area contributed by atoms with Crippen LogP contribution < -0.4 is 21.7 Å². The number of nitrogens with one attached hydrogen (secondary N) is 1. The van der Waals surface area contributed by atoms with E-state index in [4.69, 9.17) is 26.8 Å². The van der Waals surface area contributed by atoms with Gasteiger partial charge < -0.3 is 15.2 Å². The van der Waals surface area contributed by atoms with Crippen molar-refractivity contribution in [3.05, 3.63) is 55.7 Å². The highest BCUT2D eigenvalue weighted by molar-refractivity contribution is 6.32. The first-order chi connectivity index (χ1) is 12.8. The van der Waals surface area contributed by atoms with Crippen molar-refractivity contribution in [1.29, 1.82) is 0 Å². The van der Waals surface area contributed by atoms with Gasteiger partial charge in [-0.05, 0) is 18.6 Å². The minimum absolute atomic E-state index is 0.229.